The van der Waals surface area contributed by atoms with E-state index in [2.05, 4.69) is 20.9 Å². The molecule has 0 saturated carbocycles. The van der Waals surface area contributed by atoms with E-state index >= 15 is 0 Å². The zero-order valence-corrected chi connectivity index (χ0v) is 9.03. The van der Waals surface area contributed by atoms with Gasteiger partial charge in [0.05, 0.1) is 31.3 Å². The summed E-state index contributed by atoms with van der Waals surface area (Å²) in [5.74, 6) is 0. The van der Waals surface area contributed by atoms with Gasteiger partial charge in [0.1, 0.15) is 0 Å². The van der Waals surface area contributed by atoms with Gasteiger partial charge in [-0.2, -0.15) is 0 Å². The number of aliphatic hydroxyl groups is 1. The Morgan fingerprint density at radius 2 is 1.62 bits per heavy atom. The Morgan fingerprint density at radius 3 is 2.00 bits per heavy atom. The molecule has 0 radical (unpaired) electrons. The quantitative estimate of drug-likeness (QED) is 0.613. The molecule has 0 aromatic rings. The fourth-order valence-corrected chi connectivity index (χ4v) is 3.50. The third-order valence-electron chi connectivity index (χ3n) is 4.61. The van der Waals surface area contributed by atoms with Crippen LogP contribution in [0.2, 0.25) is 0 Å². The molecule has 2 aliphatic heterocycles. The second-order valence-electron chi connectivity index (χ2n) is 5.33. The van der Waals surface area contributed by atoms with Crippen molar-refractivity contribution in [3.63, 3.8) is 0 Å². The molecule has 0 aliphatic carbocycles. The normalized spacial score (nSPS) is 50.1. The highest BCUT2D eigenvalue weighted by molar-refractivity contribution is 4.86. The van der Waals surface area contributed by atoms with E-state index in [1.165, 1.54) is 17.3 Å². The van der Waals surface area contributed by atoms with Gasteiger partial charge < -0.3 is 9.59 Å². The van der Waals surface area contributed by atoms with Crippen molar-refractivity contribution in [2.45, 2.75) is 63.8 Å². The first kappa shape index (κ1) is 9.47. The lowest BCUT2D eigenvalue weighted by Gasteiger charge is -2.49. The highest BCUT2D eigenvalue weighted by Crippen LogP contribution is 2.42. The maximum Gasteiger partial charge on any atom is 0.0919 e. The van der Waals surface area contributed by atoms with Crippen LogP contribution >= 0.6 is 0 Å². The maximum atomic E-state index is 9.69. The molecule has 76 valence electrons. The van der Waals surface area contributed by atoms with Gasteiger partial charge in [-0.25, -0.2) is 0 Å². The topological polar surface area (TPSA) is 20.2 Å². The molecule has 0 aromatic heterocycles. The third-order valence-corrected chi connectivity index (χ3v) is 4.61. The lowest BCUT2D eigenvalue weighted by Crippen LogP contribution is -2.62. The van der Waals surface area contributed by atoms with Crippen molar-refractivity contribution in [1.29, 1.82) is 0 Å². The number of rotatable bonds is 1. The molecule has 0 unspecified atom stereocenters. The zero-order valence-electron chi connectivity index (χ0n) is 9.03. The molecule has 13 heavy (non-hydrogen) atoms. The van der Waals surface area contributed by atoms with Crippen LogP contribution in [0.3, 0.4) is 0 Å². The molecule has 2 fully saturated rings. The van der Waals surface area contributed by atoms with Gasteiger partial charge in [0, 0.05) is 25.7 Å². The molecule has 2 bridgehead atoms. The van der Waals surface area contributed by atoms with Crippen molar-refractivity contribution in [2.24, 2.45) is 0 Å². The van der Waals surface area contributed by atoms with Crippen molar-refractivity contribution in [2.75, 3.05) is 7.05 Å². The minimum atomic E-state index is -0.0116. The first-order chi connectivity index (χ1) is 6.05. The van der Waals surface area contributed by atoms with E-state index in [4.69, 9.17) is 0 Å². The Morgan fingerprint density at radius 1 is 1.15 bits per heavy atom. The van der Waals surface area contributed by atoms with E-state index < -0.39 is 0 Å². The molecule has 2 nitrogen and oxygen atoms in total. The number of quaternary nitrogens is 1. The lowest BCUT2D eigenvalue weighted by molar-refractivity contribution is -0.968. The van der Waals surface area contributed by atoms with Crippen LogP contribution in [0.1, 0.15) is 39.5 Å². The molecule has 2 heterocycles. The van der Waals surface area contributed by atoms with Crippen LogP contribution < -0.4 is 0 Å². The predicted octanol–water partition coefficient (Wildman–Crippen LogP) is 1.53. The lowest BCUT2D eigenvalue weighted by atomic mass is 9.95. The Bertz CT molecular complexity index is 188. The van der Waals surface area contributed by atoms with Crippen molar-refractivity contribution < 1.29 is 9.59 Å². The summed E-state index contributed by atoms with van der Waals surface area (Å²) in [5.41, 5.74) is 0. The fourth-order valence-electron chi connectivity index (χ4n) is 3.50. The molecule has 1 N–H and O–H groups in total. The third kappa shape index (κ3) is 1.23. The second kappa shape index (κ2) is 2.96. The Labute approximate surface area is 81.1 Å². The second-order valence-corrected chi connectivity index (χ2v) is 5.33. The fraction of sp³-hybridized carbons (Fsp3) is 1.00. The first-order valence-corrected chi connectivity index (χ1v) is 5.58. The number of hydrogen-bond acceptors (Lipinski definition) is 1. The minimum Gasteiger partial charge on any atom is -0.393 e. The van der Waals surface area contributed by atoms with E-state index in [9.17, 15) is 5.11 Å². The van der Waals surface area contributed by atoms with Gasteiger partial charge in [0.2, 0.25) is 0 Å². The maximum absolute atomic E-state index is 9.69. The van der Waals surface area contributed by atoms with Gasteiger partial charge in [-0.1, -0.05) is 0 Å². The van der Waals surface area contributed by atoms with Crippen molar-refractivity contribution in [3.8, 4) is 0 Å². The summed E-state index contributed by atoms with van der Waals surface area (Å²) in [7, 11) is 2.39. The van der Waals surface area contributed by atoms with Gasteiger partial charge in [-0.05, 0) is 13.8 Å². The van der Waals surface area contributed by atoms with Crippen LogP contribution in [0, 0.1) is 0 Å². The molecule has 0 spiro atoms. The molecule has 2 aliphatic rings. The number of aliphatic hydroxyl groups excluding tert-OH is 1. The van der Waals surface area contributed by atoms with Gasteiger partial charge in [-0.3, -0.25) is 0 Å². The molecule has 2 rings (SSSR count). The van der Waals surface area contributed by atoms with Crippen LogP contribution in [0.25, 0.3) is 0 Å². The smallest absolute Gasteiger partial charge is 0.0919 e. The summed E-state index contributed by atoms with van der Waals surface area (Å²) >= 11 is 0. The van der Waals surface area contributed by atoms with E-state index in [0.717, 1.165) is 24.9 Å². The molecule has 0 aromatic carbocycles. The molecule has 2 saturated heterocycles. The molecule has 4 atom stereocenters. The number of hydrogen-bond donors (Lipinski definition) is 1. The summed E-state index contributed by atoms with van der Waals surface area (Å²) in [5, 5.41) is 9.69. The van der Waals surface area contributed by atoms with E-state index in [-0.39, 0.29) is 6.10 Å². The van der Waals surface area contributed by atoms with Gasteiger partial charge >= 0.3 is 0 Å². The van der Waals surface area contributed by atoms with Gasteiger partial charge in [0.25, 0.3) is 0 Å². The average molecular weight is 184 g/mol. The van der Waals surface area contributed by atoms with E-state index in [0.29, 0.717) is 6.04 Å². The SMILES string of the molecule is CC(C)[N@+]1(C)[C@@H]2CC[C@H]1C[C@H](O)C2. The van der Waals surface area contributed by atoms with Gasteiger partial charge in [0.15, 0.2) is 0 Å². The molecule has 2 heteroatoms. The summed E-state index contributed by atoms with van der Waals surface area (Å²) in [6, 6.07) is 2.17. The van der Waals surface area contributed by atoms with Crippen LogP contribution in [0.5, 0.6) is 0 Å². The standard InChI is InChI=1S/C11H22NO/c1-8(2)12(3)9-4-5-10(12)7-11(13)6-9/h8-11,13H,4-7H2,1-3H3/q+1/t9-,10+,11-,12-. The van der Waals surface area contributed by atoms with Crippen LogP contribution in [0.4, 0.5) is 0 Å². The summed E-state index contributed by atoms with van der Waals surface area (Å²) in [4.78, 5) is 0. The number of piperidine rings is 1. The van der Waals surface area contributed by atoms with Crippen molar-refractivity contribution in [1.82, 2.24) is 0 Å². The highest BCUT2D eigenvalue weighted by atomic mass is 16.3. The molecular weight excluding hydrogens is 162 g/mol. The molecule has 0 amide bonds. The van der Waals surface area contributed by atoms with Crippen molar-refractivity contribution in [3.05, 3.63) is 0 Å². The highest BCUT2D eigenvalue weighted by Gasteiger charge is 2.52. The van der Waals surface area contributed by atoms with E-state index in [1.807, 2.05) is 0 Å². The summed E-state index contributed by atoms with van der Waals surface area (Å²) in [6.07, 6.45) is 4.71. The Balaban J connectivity index is 2.23. The van der Waals surface area contributed by atoms with E-state index in [1.54, 1.807) is 0 Å². The van der Waals surface area contributed by atoms with Crippen LogP contribution in [-0.2, 0) is 0 Å². The summed E-state index contributed by atoms with van der Waals surface area (Å²) in [6.45, 7) is 4.64. The number of fused-ring (bicyclic) bond motifs is 2. The number of nitrogens with zero attached hydrogens (tertiary/aromatic N) is 1. The molecular formula is C11H22NO+. The first-order valence-electron chi connectivity index (χ1n) is 5.58. The van der Waals surface area contributed by atoms with Crippen LogP contribution in [-0.4, -0.2) is 40.9 Å². The Kier molecular flexibility index (Phi) is 2.16. The average Bonchev–Trinajstić information content (AvgIpc) is 2.29. The zero-order chi connectivity index (χ0) is 9.64. The van der Waals surface area contributed by atoms with Crippen LogP contribution in [0.15, 0.2) is 0 Å². The largest absolute Gasteiger partial charge is 0.393 e. The monoisotopic (exact) mass is 184 g/mol. The summed E-state index contributed by atoms with van der Waals surface area (Å²) < 4.78 is 1.22. The predicted molar refractivity (Wildman–Crippen MR) is 53.4 cm³/mol. The van der Waals surface area contributed by atoms with Gasteiger partial charge in [-0.15, -0.1) is 0 Å². The Hall–Kier alpha value is -0.0800. The minimum absolute atomic E-state index is 0.0116. The van der Waals surface area contributed by atoms with Crippen molar-refractivity contribution >= 4 is 0 Å².